The first kappa shape index (κ1) is 16.5. The van der Waals surface area contributed by atoms with Gasteiger partial charge in [-0.2, -0.15) is 0 Å². The molecular formula is C18H21ClN2O. The van der Waals surface area contributed by atoms with Gasteiger partial charge in [-0.1, -0.05) is 55.5 Å². The van der Waals surface area contributed by atoms with Crippen LogP contribution in [0.2, 0.25) is 0 Å². The van der Waals surface area contributed by atoms with Gasteiger partial charge >= 0.3 is 0 Å². The van der Waals surface area contributed by atoms with Crippen molar-refractivity contribution in [1.29, 1.82) is 0 Å². The first-order valence-electron chi connectivity index (χ1n) is 7.35. The van der Waals surface area contributed by atoms with Gasteiger partial charge in [-0.05, 0) is 22.3 Å². The quantitative estimate of drug-likeness (QED) is 0.924. The van der Waals surface area contributed by atoms with E-state index in [1.165, 1.54) is 22.3 Å². The first-order valence-corrected chi connectivity index (χ1v) is 7.35. The lowest BCUT2D eigenvalue weighted by atomic mass is 9.97. The van der Waals surface area contributed by atoms with Gasteiger partial charge in [0.15, 0.2) is 0 Å². The average Bonchev–Trinajstić information content (AvgIpc) is 2.70. The largest absolute Gasteiger partial charge is 0.334 e. The molecule has 1 aliphatic heterocycles. The first-order chi connectivity index (χ1) is 10.2. The van der Waals surface area contributed by atoms with Crippen LogP contribution in [0.4, 0.5) is 0 Å². The number of hydrogen-bond donors (Lipinski definition) is 1. The maximum Gasteiger partial charge on any atom is 0.227 e. The molecule has 4 heteroatoms. The van der Waals surface area contributed by atoms with Crippen molar-refractivity contribution in [3.63, 3.8) is 0 Å². The summed E-state index contributed by atoms with van der Waals surface area (Å²) in [4.78, 5) is 14.5. The molecule has 1 unspecified atom stereocenters. The Labute approximate surface area is 137 Å². The zero-order valence-electron chi connectivity index (χ0n) is 12.7. The van der Waals surface area contributed by atoms with E-state index < -0.39 is 0 Å². The number of carbonyl (C=O) groups is 1. The predicted octanol–water partition coefficient (Wildman–Crippen LogP) is 3.21. The normalized spacial score (nSPS) is 14.2. The van der Waals surface area contributed by atoms with Crippen molar-refractivity contribution >= 4 is 18.3 Å². The predicted molar refractivity (Wildman–Crippen MR) is 91.6 cm³/mol. The molecule has 2 aromatic rings. The lowest BCUT2D eigenvalue weighted by Crippen LogP contribution is -2.36. The highest BCUT2D eigenvalue weighted by Crippen LogP contribution is 2.32. The number of benzene rings is 2. The number of halogens is 1. The zero-order valence-corrected chi connectivity index (χ0v) is 13.5. The Bertz CT molecular complexity index is 624. The standard InChI is InChI=1S/C18H20N2O.ClH/c1-13(10-19)18(21)20-11-14-6-2-4-8-16(14)17-9-5-3-7-15(17)12-20;/h2-9,13H,10-12,19H2,1H3;1H. The summed E-state index contributed by atoms with van der Waals surface area (Å²) in [6, 6.07) is 16.6. The molecule has 0 aliphatic carbocycles. The summed E-state index contributed by atoms with van der Waals surface area (Å²) in [5.74, 6) is -0.00793. The second kappa shape index (κ2) is 6.95. The minimum absolute atomic E-state index is 0. The van der Waals surface area contributed by atoms with Gasteiger partial charge in [-0.25, -0.2) is 0 Å². The molecule has 0 aromatic heterocycles. The van der Waals surface area contributed by atoms with E-state index in [0.717, 1.165) is 0 Å². The smallest absolute Gasteiger partial charge is 0.227 e. The number of carbonyl (C=O) groups excluding carboxylic acids is 1. The Kier molecular flexibility index (Phi) is 5.22. The van der Waals surface area contributed by atoms with E-state index in [-0.39, 0.29) is 24.2 Å². The minimum Gasteiger partial charge on any atom is -0.334 e. The lowest BCUT2D eigenvalue weighted by molar-refractivity contribution is -0.135. The van der Waals surface area contributed by atoms with Gasteiger partial charge in [-0.15, -0.1) is 12.4 Å². The summed E-state index contributed by atoms with van der Waals surface area (Å²) in [7, 11) is 0. The highest BCUT2D eigenvalue weighted by Gasteiger charge is 2.24. The molecule has 22 heavy (non-hydrogen) atoms. The highest BCUT2D eigenvalue weighted by molar-refractivity contribution is 5.85. The zero-order chi connectivity index (χ0) is 14.8. The van der Waals surface area contributed by atoms with Gasteiger partial charge in [0.1, 0.15) is 0 Å². The molecule has 2 aromatic carbocycles. The van der Waals surface area contributed by atoms with Crippen molar-refractivity contribution in [1.82, 2.24) is 4.90 Å². The van der Waals surface area contributed by atoms with E-state index in [0.29, 0.717) is 19.6 Å². The lowest BCUT2D eigenvalue weighted by Gasteiger charge is -2.24. The van der Waals surface area contributed by atoms with Crippen LogP contribution in [0.25, 0.3) is 11.1 Å². The van der Waals surface area contributed by atoms with Gasteiger partial charge < -0.3 is 10.6 Å². The summed E-state index contributed by atoms with van der Waals surface area (Å²) in [5.41, 5.74) is 10.5. The second-order valence-corrected chi connectivity index (χ2v) is 5.65. The van der Waals surface area contributed by atoms with Crippen LogP contribution in [0.5, 0.6) is 0 Å². The molecule has 1 atom stereocenters. The Morgan fingerprint density at radius 3 is 1.95 bits per heavy atom. The summed E-state index contributed by atoms with van der Waals surface area (Å²) < 4.78 is 0. The van der Waals surface area contributed by atoms with Crippen LogP contribution in [0.15, 0.2) is 48.5 Å². The van der Waals surface area contributed by atoms with E-state index in [2.05, 4.69) is 36.4 Å². The molecule has 0 fully saturated rings. The van der Waals surface area contributed by atoms with Crippen molar-refractivity contribution in [3.8, 4) is 11.1 Å². The molecule has 1 amide bonds. The molecule has 0 spiro atoms. The van der Waals surface area contributed by atoms with E-state index in [9.17, 15) is 4.79 Å². The molecule has 3 rings (SSSR count). The highest BCUT2D eigenvalue weighted by atomic mass is 35.5. The fourth-order valence-electron chi connectivity index (χ4n) is 2.88. The van der Waals surface area contributed by atoms with Crippen molar-refractivity contribution in [2.24, 2.45) is 11.7 Å². The molecule has 0 bridgehead atoms. The fourth-order valence-corrected chi connectivity index (χ4v) is 2.88. The molecule has 0 radical (unpaired) electrons. The third kappa shape index (κ3) is 3.01. The van der Waals surface area contributed by atoms with Crippen molar-refractivity contribution in [3.05, 3.63) is 59.7 Å². The maximum atomic E-state index is 12.5. The maximum absolute atomic E-state index is 12.5. The second-order valence-electron chi connectivity index (χ2n) is 5.65. The van der Waals surface area contributed by atoms with Crippen molar-refractivity contribution in [2.75, 3.05) is 6.54 Å². The van der Waals surface area contributed by atoms with Gasteiger partial charge in [-0.3, -0.25) is 4.79 Å². The van der Waals surface area contributed by atoms with E-state index in [4.69, 9.17) is 5.73 Å². The van der Waals surface area contributed by atoms with Crippen LogP contribution < -0.4 is 5.73 Å². The molecule has 116 valence electrons. The van der Waals surface area contributed by atoms with Gasteiger partial charge in [0.05, 0.1) is 0 Å². The summed E-state index contributed by atoms with van der Waals surface area (Å²) in [5, 5.41) is 0. The van der Waals surface area contributed by atoms with E-state index >= 15 is 0 Å². The molecule has 3 nitrogen and oxygen atoms in total. The van der Waals surface area contributed by atoms with Crippen LogP contribution in [0, 0.1) is 5.92 Å². The summed E-state index contributed by atoms with van der Waals surface area (Å²) >= 11 is 0. The number of fused-ring (bicyclic) bond motifs is 3. The van der Waals surface area contributed by atoms with E-state index in [1.807, 2.05) is 24.0 Å². The molecular weight excluding hydrogens is 296 g/mol. The number of hydrogen-bond acceptors (Lipinski definition) is 2. The number of nitrogens with zero attached hydrogens (tertiary/aromatic N) is 1. The molecule has 2 N–H and O–H groups in total. The molecule has 1 aliphatic rings. The number of nitrogens with two attached hydrogens (primary N) is 1. The van der Waals surface area contributed by atoms with Crippen LogP contribution in [0.1, 0.15) is 18.1 Å². The topological polar surface area (TPSA) is 46.3 Å². The Morgan fingerprint density at radius 2 is 1.50 bits per heavy atom. The van der Waals surface area contributed by atoms with E-state index in [1.54, 1.807) is 0 Å². The van der Waals surface area contributed by atoms with Crippen LogP contribution in [-0.2, 0) is 17.9 Å². The van der Waals surface area contributed by atoms with Gasteiger partial charge in [0.2, 0.25) is 5.91 Å². The fraction of sp³-hybridized carbons (Fsp3) is 0.278. The third-order valence-corrected chi connectivity index (χ3v) is 4.13. The van der Waals surface area contributed by atoms with Gasteiger partial charge in [0.25, 0.3) is 0 Å². The molecule has 0 saturated heterocycles. The van der Waals surface area contributed by atoms with Crippen molar-refractivity contribution < 1.29 is 4.79 Å². The van der Waals surface area contributed by atoms with Gasteiger partial charge in [0, 0.05) is 25.6 Å². The SMILES string of the molecule is CC(CN)C(=O)N1Cc2ccccc2-c2ccccc2C1.Cl. The molecule has 1 heterocycles. The van der Waals surface area contributed by atoms with Crippen LogP contribution >= 0.6 is 12.4 Å². The average molecular weight is 317 g/mol. The van der Waals surface area contributed by atoms with Crippen LogP contribution in [0.3, 0.4) is 0 Å². The third-order valence-electron chi connectivity index (χ3n) is 4.13. The Balaban J connectivity index is 0.00000176. The Morgan fingerprint density at radius 1 is 1.05 bits per heavy atom. The summed E-state index contributed by atoms with van der Waals surface area (Å²) in [6.07, 6.45) is 0. The van der Waals surface area contributed by atoms with Crippen molar-refractivity contribution in [2.45, 2.75) is 20.0 Å². The number of amides is 1. The Hall–Kier alpha value is -1.84. The number of rotatable bonds is 2. The molecule has 0 saturated carbocycles. The van der Waals surface area contributed by atoms with Crippen LogP contribution in [-0.4, -0.2) is 17.4 Å². The summed E-state index contributed by atoms with van der Waals surface area (Å²) in [6.45, 7) is 3.58. The minimum atomic E-state index is -0.137. The monoisotopic (exact) mass is 316 g/mol.